The molecule has 0 saturated heterocycles. The molecule has 0 fully saturated rings. The van der Waals surface area contributed by atoms with Gasteiger partial charge in [-0.15, -0.1) is 0 Å². The van der Waals surface area contributed by atoms with Crippen molar-refractivity contribution in [1.29, 1.82) is 0 Å². The molecule has 0 aliphatic carbocycles. The molecule has 24 heavy (non-hydrogen) atoms. The van der Waals surface area contributed by atoms with Gasteiger partial charge in [-0.3, -0.25) is 9.59 Å². The lowest BCUT2D eigenvalue weighted by Gasteiger charge is -2.23. The molecule has 5 nitrogen and oxygen atoms in total. The number of benzene rings is 1. The molecule has 0 radical (unpaired) electrons. The van der Waals surface area contributed by atoms with E-state index in [1.807, 2.05) is 13.8 Å². The molecule has 0 heterocycles. The molecule has 1 aromatic rings. The highest BCUT2D eigenvalue weighted by molar-refractivity contribution is 5.97. The van der Waals surface area contributed by atoms with Crippen LogP contribution in [0.1, 0.15) is 38.1 Å². The first-order valence-electron chi connectivity index (χ1n) is 8.45. The molecule has 0 spiro atoms. The van der Waals surface area contributed by atoms with Crippen LogP contribution in [0.15, 0.2) is 24.3 Å². The van der Waals surface area contributed by atoms with Gasteiger partial charge in [0.15, 0.2) is 0 Å². The first-order chi connectivity index (χ1) is 11.4. The largest absolute Gasteiger partial charge is 0.353 e. The van der Waals surface area contributed by atoms with Gasteiger partial charge in [0.25, 0.3) is 5.91 Å². The van der Waals surface area contributed by atoms with Crippen LogP contribution in [-0.2, 0) is 4.79 Å². The second-order valence-electron chi connectivity index (χ2n) is 6.02. The van der Waals surface area contributed by atoms with Crippen LogP contribution in [0, 0.1) is 11.7 Å². The zero-order valence-corrected chi connectivity index (χ0v) is 14.9. The zero-order valence-electron chi connectivity index (χ0n) is 14.9. The van der Waals surface area contributed by atoms with Crippen LogP contribution in [0.3, 0.4) is 0 Å². The maximum absolute atomic E-state index is 12.9. The first kappa shape index (κ1) is 20.1. The number of hydrogen-bond donors (Lipinski definition) is 2. The maximum Gasteiger partial charge on any atom is 0.251 e. The number of amides is 2. The van der Waals surface area contributed by atoms with Gasteiger partial charge in [0.1, 0.15) is 11.9 Å². The topological polar surface area (TPSA) is 61.4 Å². The number of carbonyl (C=O) groups is 2. The van der Waals surface area contributed by atoms with E-state index in [0.29, 0.717) is 12.1 Å². The highest BCUT2D eigenvalue weighted by atomic mass is 19.1. The van der Waals surface area contributed by atoms with Crippen molar-refractivity contribution in [3.05, 3.63) is 35.6 Å². The van der Waals surface area contributed by atoms with E-state index in [-0.39, 0.29) is 17.7 Å². The van der Waals surface area contributed by atoms with Crippen LogP contribution >= 0.6 is 0 Å². The zero-order chi connectivity index (χ0) is 18.1. The second kappa shape index (κ2) is 10.0. The summed E-state index contributed by atoms with van der Waals surface area (Å²) < 4.78 is 12.9. The quantitative estimate of drug-likeness (QED) is 0.725. The molecule has 2 N–H and O–H groups in total. The molecule has 0 bridgehead atoms. The van der Waals surface area contributed by atoms with Gasteiger partial charge in [-0.05, 0) is 43.3 Å². The summed E-state index contributed by atoms with van der Waals surface area (Å²) in [6, 6.07) is 4.63. The van der Waals surface area contributed by atoms with Crippen molar-refractivity contribution in [3.63, 3.8) is 0 Å². The summed E-state index contributed by atoms with van der Waals surface area (Å²) in [5.74, 6) is -1.04. The molecule has 1 atom stereocenters. The molecule has 0 saturated carbocycles. The molecular formula is C18H28FN3O2. The average Bonchev–Trinajstić information content (AvgIpc) is 2.56. The summed E-state index contributed by atoms with van der Waals surface area (Å²) in [7, 11) is 0. The number of carbonyl (C=O) groups excluding carboxylic acids is 2. The van der Waals surface area contributed by atoms with E-state index >= 15 is 0 Å². The maximum atomic E-state index is 12.9. The van der Waals surface area contributed by atoms with Crippen molar-refractivity contribution in [2.24, 2.45) is 5.92 Å². The van der Waals surface area contributed by atoms with Gasteiger partial charge >= 0.3 is 0 Å². The number of nitrogens with one attached hydrogen (secondary N) is 2. The van der Waals surface area contributed by atoms with Gasteiger partial charge in [0.2, 0.25) is 5.91 Å². The third kappa shape index (κ3) is 6.28. The van der Waals surface area contributed by atoms with Gasteiger partial charge < -0.3 is 15.5 Å². The number of halogens is 1. The fourth-order valence-electron chi connectivity index (χ4n) is 2.35. The highest BCUT2D eigenvalue weighted by Crippen LogP contribution is 2.06. The van der Waals surface area contributed by atoms with Crippen LogP contribution in [0.5, 0.6) is 0 Å². The minimum atomic E-state index is -0.626. The lowest BCUT2D eigenvalue weighted by Crippen LogP contribution is -2.50. The number of rotatable bonds is 9. The fourth-order valence-corrected chi connectivity index (χ4v) is 2.35. The Morgan fingerprint density at radius 1 is 1.12 bits per heavy atom. The van der Waals surface area contributed by atoms with Crippen LogP contribution in [0.25, 0.3) is 0 Å². The molecule has 1 unspecified atom stereocenters. The van der Waals surface area contributed by atoms with Crippen molar-refractivity contribution in [2.45, 2.75) is 33.7 Å². The Labute approximate surface area is 143 Å². The Morgan fingerprint density at radius 3 is 2.21 bits per heavy atom. The van der Waals surface area contributed by atoms with Crippen LogP contribution in [0.4, 0.5) is 4.39 Å². The van der Waals surface area contributed by atoms with Crippen molar-refractivity contribution >= 4 is 11.8 Å². The Bertz CT molecular complexity index is 528. The Balaban J connectivity index is 2.60. The van der Waals surface area contributed by atoms with E-state index < -0.39 is 11.9 Å². The molecule has 6 heteroatoms. The van der Waals surface area contributed by atoms with Crippen molar-refractivity contribution in [3.8, 4) is 0 Å². The van der Waals surface area contributed by atoms with E-state index in [1.165, 1.54) is 24.3 Å². The van der Waals surface area contributed by atoms with Crippen LogP contribution < -0.4 is 10.6 Å². The molecule has 0 aromatic heterocycles. The Hall–Kier alpha value is -1.95. The Kier molecular flexibility index (Phi) is 8.40. The molecule has 0 aliphatic rings. The van der Waals surface area contributed by atoms with Gasteiger partial charge in [-0.1, -0.05) is 27.7 Å². The molecule has 2 amide bonds. The number of hydrogen-bond acceptors (Lipinski definition) is 3. The monoisotopic (exact) mass is 337 g/mol. The van der Waals surface area contributed by atoms with E-state index in [9.17, 15) is 14.0 Å². The fraction of sp³-hybridized carbons (Fsp3) is 0.556. The predicted octanol–water partition coefficient (Wildman–Crippen LogP) is 2.04. The molecule has 1 aromatic carbocycles. The molecule has 1 rings (SSSR count). The highest BCUT2D eigenvalue weighted by Gasteiger charge is 2.24. The lowest BCUT2D eigenvalue weighted by atomic mass is 10.0. The summed E-state index contributed by atoms with van der Waals surface area (Å²) in [6.45, 7) is 11.1. The third-order valence-corrected chi connectivity index (χ3v) is 3.96. The second-order valence-corrected chi connectivity index (χ2v) is 6.02. The summed E-state index contributed by atoms with van der Waals surface area (Å²) >= 11 is 0. The average molecular weight is 337 g/mol. The third-order valence-electron chi connectivity index (χ3n) is 3.96. The minimum Gasteiger partial charge on any atom is -0.353 e. The normalized spacial score (nSPS) is 12.3. The number of nitrogens with zero attached hydrogens (tertiary/aromatic N) is 1. The van der Waals surface area contributed by atoms with Crippen LogP contribution in [0.2, 0.25) is 0 Å². The van der Waals surface area contributed by atoms with Gasteiger partial charge in [0, 0.05) is 18.7 Å². The van der Waals surface area contributed by atoms with E-state index in [0.717, 1.165) is 19.6 Å². The summed E-state index contributed by atoms with van der Waals surface area (Å²) in [6.07, 6.45) is 0. The van der Waals surface area contributed by atoms with E-state index in [2.05, 4.69) is 29.4 Å². The first-order valence-corrected chi connectivity index (χ1v) is 8.45. The van der Waals surface area contributed by atoms with E-state index in [4.69, 9.17) is 0 Å². The predicted molar refractivity (Wildman–Crippen MR) is 93.3 cm³/mol. The summed E-state index contributed by atoms with van der Waals surface area (Å²) in [5, 5.41) is 5.60. The van der Waals surface area contributed by atoms with Crippen molar-refractivity contribution < 1.29 is 14.0 Å². The van der Waals surface area contributed by atoms with E-state index in [1.54, 1.807) is 0 Å². The standard InChI is InChI=1S/C18H28FN3O2/c1-5-22(6-2)12-11-20-18(24)16(13(3)4)21-17(23)14-7-9-15(19)10-8-14/h7-10,13,16H,5-6,11-12H2,1-4H3,(H,20,24)(H,21,23). The Morgan fingerprint density at radius 2 is 1.71 bits per heavy atom. The SMILES string of the molecule is CCN(CC)CCNC(=O)C(NC(=O)c1ccc(F)cc1)C(C)C. The van der Waals surface area contributed by atoms with Gasteiger partial charge in [-0.2, -0.15) is 0 Å². The smallest absolute Gasteiger partial charge is 0.251 e. The summed E-state index contributed by atoms with van der Waals surface area (Å²) in [4.78, 5) is 26.8. The summed E-state index contributed by atoms with van der Waals surface area (Å²) in [5.41, 5.74) is 0.331. The van der Waals surface area contributed by atoms with Crippen LogP contribution in [-0.4, -0.2) is 48.9 Å². The lowest BCUT2D eigenvalue weighted by molar-refractivity contribution is -0.124. The molecule has 134 valence electrons. The number of likely N-dealkylation sites (N-methyl/N-ethyl adjacent to an activating group) is 1. The van der Waals surface area contributed by atoms with Gasteiger partial charge in [-0.25, -0.2) is 4.39 Å². The minimum absolute atomic E-state index is 0.0529. The molecular weight excluding hydrogens is 309 g/mol. The van der Waals surface area contributed by atoms with Crippen molar-refractivity contribution in [2.75, 3.05) is 26.2 Å². The molecule has 0 aliphatic heterocycles. The van der Waals surface area contributed by atoms with Crippen molar-refractivity contribution in [1.82, 2.24) is 15.5 Å². The van der Waals surface area contributed by atoms with Gasteiger partial charge in [0.05, 0.1) is 0 Å².